The molecule has 1 N–H and O–H groups in total. The van der Waals surface area contributed by atoms with Gasteiger partial charge in [0.2, 0.25) is 5.91 Å². The van der Waals surface area contributed by atoms with Gasteiger partial charge in [-0.15, -0.1) is 0 Å². The van der Waals surface area contributed by atoms with Crippen molar-refractivity contribution in [3.63, 3.8) is 0 Å². The normalized spacial score (nSPS) is 15.2. The summed E-state index contributed by atoms with van der Waals surface area (Å²) in [5, 5.41) is 3.71. The van der Waals surface area contributed by atoms with Crippen LogP contribution < -0.4 is 10.9 Å². The number of imidazole rings is 1. The number of nitrogens with zero attached hydrogens (tertiary/aromatic N) is 4. The Kier molecular flexibility index (Phi) is 4.86. The lowest BCUT2D eigenvalue weighted by molar-refractivity contribution is -0.116. The van der Waals surface area contributed by atoms with Crippen molar-refractivity contribution in [3.8, 4) is 11.3 Å². The molecule has 1 unspecified atom stereocenters. The molecule has 0 aliphatic carbocycles. The van der Waals surface area contributed by atoms with Gasteiger partial charge in [-0.2, -0.15) is 0 Å². The zero-order chi connectivity index (χ0) is 21.5. The summed E-state index contributed by atoms with van der Waals surface area (Å²) < 4.78 is 3.62. The summed E-state index contributed by atoms with van der Waals surface area (Å²) in [6, 6.07) is 13.0. The number of aromatic nitrogens is 4. The standard InChI is InChI=1S/C23H21N5O2S/c1-14-6-5-9-27-12-19(26-22(14)27)17-7-3-4-8-18(17)25-20(29)11-16-13-31-23-24-15(2)10-21(30)28(16)23/h3-10,12,16H,11,13H2,1-2H3,(H,25,29). The number of carbonyl (C=O) groups excluding carboxylic acids is 1. The Morgan fingerprint density at radius 3 is 2.87 bits per heavy atom. The molecule has 0 bridgehead atoms. The van der Waals surface area contributed by atoms with Gasteiger partial charge in [0.15, 0.2) is 5.16 Å². The number of aryl methyl sites for hydroxylation is 2. The fraction of sp³-hybridized carbons (Fsp3) is 0.217. The minimum atomic E-state index is -0.203. The van der Waals surface area contributed by atoms with Crippen LogP contribution in [0.25, 0.3) is 16.9 Å². The predicted molar refractivity (Wildman–Crippen MR) is 122 cm³/mol. The highest BCUT2D eigenvalue weighted by molar-refractivity contribution is 7.99. The molecule has 0 spiro atoms. The molecule has 7 nitrogen and oxygen atoms in total. The SMILES string of the molecule is Cc1cc(=O)n2c(n1)SCC2CC(=O)Nc1ccccc1-c1cn2cccc(C)c2n1. The second-order valence-corrected chi connectivity index (χ2v) is 8.69. The first-order chi connectivity index (χ1) is 15.0. The Balaban J connectivity index is 1.40. The molecule has 156 valence electrons. The second kappa shape index (κ2) is 7.70. The van der Waals surface area contributed by atoms with Crippen molar-refractivity contribution in [3.05, 3.63) is 76.5 Å². The van der Waals surface area contributed by atoms with E-state index >= 15 is 0 Å². The lowest BCUT2D eigenvalue weighted by Crippen LogP contribution is -2.27. The second-order valence-electron chi connectivity index (χ2n) is 7.70. The first-order valence-electron chi connectivity index (χ1n) is 10.1. The molecule has 31 heavy (non-hydrogen) atoms. The molecule has 1 aliphatic rings. The van der Waals surface area contributed by atoms with Gasteiger partial charge in [-0.1, -0.05) is 36.0 Å². The van der Waals surface area contributed by atoms with Crippen molar-refractivity contribution >= 4 is 29.0 Å². The average molecular weight is 432 g/mol. The Morgan fingerprint density at radius 2 is 2.03 bits per heavy atom. The summed E-state index contributed by atoms with van der Waals surface area (Å²) >= 11 is 1.52. The third-order valence-electron chi connectivity index (χ3n) is 5.39. The van der Waals surface area contributed by atoms with E-state index in [-0.39, 0.29) is 23.9 Å². The molecule has 4 heterocycles. The maximum absolute atomic E-state index is 12.9. The number of anilines is 1. The first kappa shape index (κ1) is 19.6. The number of thioether (sulfide) groups is 1. The van der Waals surface area contributed by atoms with E-state index in [4.69, 9.17) is 4.98 Å². The fourth-order valence-corrected chi connectivity index (χ4v) is 5.12. The molecular formula is C23H21N5O2S. The van der Waals surface area contributed by atoms with E-state index in [1.54, 1.807) is 11.5 Å². The van der Waals surface area contributed by atoms with Gasteiger partial charge in [0.05, 0.1) is 17.4 Å². The molecule has 0 fully saturated rings. The van der Waals surface area contributed by atoms with Crippen LogP contribution in [0.5, 0.6) is 0 Å². The topological polar surface area (TPSA) is 81.3 Å². The lowest BCUT2D eigenvalue weighted by Gasteiger charge is -2.14. The number of fused-ring (bicyclic) bond motifs is 2. The molecule has 0 saturated carbocycles. The maximum Gasteiger partial charge on any atom is 0.254 e. The van der Waals surface area contributed by atoms with Gasteiger partial charge in [-0.05, 0) is 31.5 Å². The van der Waals surface area contributed by atoms with Crippen molar-refractivity contribution < 1.29 is 4.79 Å². The molecule has 3 aromatic heterocycles. The monoisotopic (exact) mass is 431 g/mol. The van der Waals surface area contributed by atoms with Gasteiger partial charge in [-0.3, -0.25) is 14.2 Å². The van der Waals surface area contributed by atoms with Crippen molar-refractivity contribution in [2.45, 2.75) is 31.5 Å². The Hall–Kier alpha value is -3.39. The van der Waals surface area contributed by atoms with E-state index in [0.29, 0.717) is 22.3 Å². The van der Waals surface area contributed by atoms with Gasteiger partial charge in [-0.25, -0.2) is 9.97 Å². The summed E-state index contributed by atoms with van der Waals surface area (Å²) in [5.74, 6) is 0.519. The van der Waals surface area contributed by atoms with E-state index < -0.39 is 0 Å². The highest BCUT2D eigenvalue weighted by atomic mass is 32.2. The smallest absolute Gasteiger partial charge is 0.254 e. The van der Waals surface area contributed by atoms with Crippen LogP contribution in [0, 0.1) is 13.8 Å². The van der Waals surface area contributed by atoms with Gasteiger partial charge in [0.25, 0.3) is 5.56 Å². The third kappa shape index (κ3) is 3.63. The number of hydrogen-bond donors (Lipinski definition) is 1. The van der Waals surface area contributed by atoms with Gasteiger partial charge < -0.3 is 9.72 Å². The van der Waals surface area contributed by atoms with Crippen LogP contribution >= 0.6 is 11.8 Å². The van der Waals surface area contributed by atoms with Crippen LogP contribution in [0.3, 0.4) is 0 Å². The number of para-hydroxylation sites is 1. The average Bonchev–Trinajstić information content (AvgIpc) is 3.33. The van der Waals surface area contributed by atoms with Crippen LogP contribution in [0.1, 0.15) is 23.7 Å². The van der Waals surface area contributed by atoms with Crippen LogP contribution in [0.15, 0.2) is 64.8 Å². The zero-order valence-electron chi connectivity index (χ0n) is 17.2. The van der Waals surface area contributed by atoms with Crippen LogP contribution in [-0.2, 0) is 4.79 Å². The molecule has 8 heteroatoms. The van der Waals surface area contributed by atoms with E-state index in [1.165, 1.54) is 17.8 Å². The molecule has 1 aliphatic heterocycles. The maximum atomic E-state index is 12.9. The van der Waals surface area contributed by atoms with Crippen molar-refractivity contribution in [1.82, 2.24) is 18.9 Å². The van der Waals surface area contributed by atoms with Crippen LogP contribution in [0.4, 0.5) is 5.69 Å². The summed E-state index contributed by atoms with van der Waals surface area (Å²) in [7, 11) is 0. The number of hydrogen-bond acceptors (Lipinski definition) is 5. The minimum absolute atomic E-state index is 0.106. The predicted octanol–water partition coefficient (Wildman–Crippen LogP) is 3.85. The van der Waals surface area contributed by atoms with Crippen molar-refractivity contribution in [1.29, 1.82) is 0 Å². The highest BCUT2D eigenvalue weighted by Crippen LogP contribution is 2.33. The molecule has 1 aromatic carbocycles. The number of rotatable bonds is 4. The van der Waals surface area contributed by atoms with Gasteiger partial charge >= 0.3 is 0 Å². The summed E-state index contributed by atoms with van der Waals surface area (Å²) in [6.45, 7) is 3.83. The Morgan fingerprint density at radius 1 is 1.19 bits per heavy atom. The molecule has 1 atom stereocenters. The molecule has 0 saturated heterocycles. The minimum Gasteiger partial charge on any atom is -0.325 e. The number of nitrogens with one attached hydrogen (secondary N) is 1. The lowest BCUT2D eigenvalue weighted by atomic mass is 10.1. The van der Waals surface area contributed by atoms with E-state index in [2.05, 4.69) is 10.3 Å². The molecule has 1 amide bonds. The van der Waals surface area contributed by atoms with E-state index in [0.717, 1.165) is 22.5 Å². The Bertz CT molecular complexity index is 1370. The fourth-order valence-electron chi connectivity index (χ4n) is 3.93. The first-order valence-corrected chi connectivity index (χ1v) is 11.0. The Labute approximate surface area is 183 Å². The van der Waals surface area contributed by atoms with E-state index in [9.17, 15) is 9.59 Å². The number of benzene rings is 1. The molecule has 5 rings (SSSR count). The van der Waals surface area contributed by atoms with Crippen molar-refractivity contribution in [2.75, 3.05) is 11.1 Å². The quantitative estimate of drug-likeness (QED) is 0.497. The molecule has 0 radical (unpaired) electrons. The van der Waals surface area contributed by atoms with Gasteiger partial charge in [0, 0.05) is 41.9 Å². The number of amides is 1. The van der Waals surface area contributed by atoms with Gasteiger partial charge in [0.1, 0.15) is 5.65 Å². The number of pyridine rings is 1. The van der Waals surface area contributed by atoms with Crippen LogP contribution in [0.2, 0.25) is 0 Å². The zero-order valence-corrected chi connectivity index (χ0v) is 18.0. The van der Waals surface area contributed by atoms with E-state index in [1.807, 2.05) is 60.1 Å². The summed E-state index contributed by atoms with van der Waals surface area (Å²) in [4.78, 5) is 34.5. The molecule has 4 aromatic rings. The summed E-state index contributed by atoms with van der Waals surface area (Å²) in [6.07, 6.45) is 4.14. The van der Waals surface area contributed by atoms with Crippen molar-refractivity contribution in [2.24, 2.45) is 0 Å². The third-order valence-corrected chi connectivity index (χ3v) is 6.49. The number of carbonyl (C=O) groups is 1. The summed E-state index contributed by atoms with van der Waals surface area (Å²) in [5.41, 5.74) is 4.92. The molecular weight excluding hydrogens is 410 g/mol. The van der Waals surface area contributed by atoms with Crippen LogP contribution in [-0.4, -0.2) is 30.6 Å². The highest BCUT2D eigenvalue weighted by Gasteiger charge is 2.27. The largest absolute Gasteiger partial charge is 0.325 e.